The molecule has 0 radical (unpaired) electrons. The summed E-state index contributed by atoms with van der Waals surface area (Å²) >= 11 is 0. The largest absolute Gasteiger partial charge is 0.363 e. The number of nitrogens with one attached hydrogen (secondary N) is 1. The van der Waals surface area contributed by atoms with Crippen molar-refractivity contribution in [1.82, 2.24) is 10.3 Å². The molecule has 1 amide bonds. The van der Waals surface area contributed by atoms with Crippen LogP contribution in [-0.4, -0.2) is 25.0 Å². The number of amides is 1. The Kier molecular flexibility index (Phi) is 3.61. The summed E-state index contributed by atoms with van der Waals surface area (Å²) in [4.78, 5) is 17.9. The van der Waals surface area contributed by atoms with E-state index in [1.54, 1.807) is 0 Å². The SMILES string of the molecule is CN(C)c1ccc(CNC(=O)C2CCC2)cn1. The van der Waals surface area contributed by atoms with Gasteiger partial charge in [0, 0.05) is 32.8 Å². The molecule has 0 spiro atoms. The fourth-order valence-electron chi connectivity index (χ4n) is 1.79. The van der Waals surface area contributed by atoms with Crippen molar-refractivity contribution in [1.29, 1.82) is 0 Å². The lowest BCUT2D eigenvalue weighted by Crippen LogP contribution is -2.33. The highest BCUT2D eigenvalue weighted by Crippen LogP contribution is 2.26. The van der Waals surface area contributed by atoms with Crippen molar-refractivity contribution >= 4 is 11.7 Å². The highest BCUT2D eigenvalue weighted by molar-refractivity contribution is 5.79. The average Bonchev–Trinajstić information content (AvgIpc) is 2.24. The third kappa shape index (κ3) is 2.96. The number of anilines is 1. The standard InChI is InChI=1S/C13H19N3O/c1-16(2)12-7-6-10(8-14-12)9-15-13(17)11-4-3-5-11/h6-8,11H,3-5,9H2,1-2H3,(H,15,17). The van der Waals surface area contributed by atoms with Crippen molar-refractivity contribution in [3.8, 4) is 0 Å². The third-order valence-electron chi connectivity index (χ3n) is 3.21. The Bertz CT molecular complexity index is 382. The smallest absolute Gasteiger partial charge is 0.223 e. The van der Waals surface area contributed by atoms with Gasteiger partial charge in [0.25, 0.3) is 0 Å². The molecule has 0 atom stereocenters. The summed E-state index contributed by atoms with van der Waals surface area (Å²) < 4.78 is 0. The minimum absolute atomic E-state index is 0.188. The monoisotopic (exact) mass is 233 g/mol. The van der Waals surface area contributed by atoms with E-state index in [2.05, 4.69) is 10.3 Å². The van der Waals surface area contributed by atoms with Crippen molar-refractivity contribution in [3.05, 3.63) is 23.9 Å². The van der Waals surface area contributed by atoms with Gasteiger partial charge in [-0.3, -0.25) is 4.79 Å². The first kappa shape index (κ1) is 11.9. The number of pyridine rings is 1. The Morgan fingerprint density at radius 2 is 2.24 bits per heavy atom. The molecule has 4 heteroatoms. The topological polar surface area (TPSA) is 45.2 Å². The molecular formula is C13H19N3O. The molecule has 17 heavy (non-hydrogen) atoms. The third-order valence-corrected chi connectivity index (χ3v) is 3.21. The van der Waals surface area contributed by atoms with Crippen molar-refractivity contribution in [2.75, 3.05) is 19.0 Å². The van der Waals surface area contributed by atoms with Crippen LogP contribution in [0.1, 0.15) is 24.8 Å². The number of nitrogens with zero attached hydrogens (tertiary/aromatic N) is 2. The molecule has 4 nitrogen and oxygen atoms in total. The van der Waals surface area contributed by atoms with Gasteiger partial charge in [0.05, 0.1) is 0 Å². The van der Waals surface area contributed by atoms with Crippen molar-refractivity contribution in [2.24, 2.45) is 5.92 Å². The van der Waals surface area contributed by atoms with Gasteiger partial charge < -0.3 is 10.2 Å². The van der Waals surface area contributed by atoms with E-state index in [1.165, 1.54) is 6.42 Å². The highest BCUT2D eigenvalue weighted by Gasteiger charge is 2.24. The summed E-state index contributed by atoms with van der Waals surface area (Å²) in [5.74, 6) is 1.37. The summed E-state index contributed by atoms with van der Waals surface area (Å²) in [5, 5.41) is 2.96. The molecule has 0 saturated heterocycles. The lowest BCUT2D eigenvalue weighted by Gasteiger charge is -2.24. The molecule has 1 saturated carbocycles. The lowest BCUT2D eigenvalue weighted by molar-refractivity contribution is -0.127. The Morgan fingerprint density at radius 3 is 2.71 bits per heavy atom. The van der Waals surface area contributed by atoms with E-state index in [0.29, 0.717) is 6.54 Å². The fraction of sp³-hybridized carbons (Fsp3) is 0.538. The van der Waals surface area contributed by atoms with Gasteiger partial charge in [-0.25, -0.2) is 4.98 Å². The number of hydrogen-bond donors (Lipinski definition) is 1. The van der Waals surface area contributed by atoms with E-state index in [0.717, 1.165) is 24.2 Å². The van der Waals surface area contributed by atoms with Crippen molar-refractivity contribution in [2.45, 2.75) is 25.8 Å². The molecule has 1 heterocycles. The fourth-order valence-corrected chi connectivity index (χ4v) is 1.79. The van der Waals surface area contributed by atoms with E-state index in [1.807, 2.05) is 37.3 Å². The van der Waals surface area contributed by atoms with Gasteiger partial charge in [-0.05, 0) is 24.5 Å². The average molecular weight is 233 g/mol. The van der Waals surface area contributed by atoms with E-state index >= 15 is 0 Å². The van der Waals surface area contributed by atoms with Gasteiger partial charge in [-0.2, -0.15) is 0 Å². The maximum atomic E-state index is 11.6. The Balaban J connectivity index is 1.84. The lowest BCUT2D eigenvalue weighted by atomic mass is 9.85. The van der Waals surface area contributed by atoms with Gasteiger partial charge in [0.1, 0.15) is 5.82 Å². The predicted molar refractivity (Wildman–Crippen MR) is 67.8 cm³/mol. The molecule has 1 aliphatic rings. The van der Waals surface area contributed by atoms with Gasteiger partial charge in [-0.1, -0.05) is 12.5 Å². The van der Waals surface area contributed by atoms with Crippen LogP contribution >= 0.6 is 0 Å². The maximum Gasteiger partial charge on any atom is 0.223 e. The van der Waals surface area contributed by atoms with E-state index in [9.17, 15) is 4.79 Å². The van der Waals surface area contributed by atoms with E-state index in [-0.39, 0.29) is 11.8 Å². The second kappa shape index (κ2) is 5.17. The van der Waals surface area contributed by atoms with Crippen LogP contribution in [0, 0.1) is 5.92 Å². The summed E-state index contributed by atoms with van der Waals surface area (Å²) in [7, 11) is 3.92. The molecular weight excluding hydrogens is 214 g/mol. The molecule has 92 valence electrons. The predicted octanol–water partition coefficient (Wildman–Crippen LogP) is 1.56. The second-order valence-corrected chi connectivity index (χ2v) is 4.76. The van der Waals surface area contributed by atoms with Gasteiger partial charge in [0.2, 0.25) is 5.91 Å². The first-order valence-electron chi connectivity index (χ1n) is 6.07. The minimum Gasteiger partial charge on any atom is -0.363 e. The molecule has 1 N–H and O–H groups in total. The zero-order valence-corrected chi connectivity index (χ0v) is 10.4. The van der Waals surface area contributed by atoms with Crippen LogP contribution in [0.5, 0.6) is 0 Å². The molecule has 0 bridgehead atoms. The zero-order valence-electron chi connectivity index (χ0n) is 10.4. The molecule has 0 aromatic carbocycles. The van der Waals surface area contributed by atoms with Crippen LogP contribution in [-0.2, 0) is 11.3 Å². The first-order valence-corrected chi connectivity index (χ1v) is 6.07. The molecule has 1 fully saturated rings. The highest BCUT2D eigenvalue weighted by atomic mass is 16.1. The van der Waals surface area contributed by atoms with E-state index in [4.69, 9.17) is 0 Å². The summed E-state index contributed by atoms with van der Waals surface area (Å²) in [6.45, 7) is 0.579. The van der Waals surface area contributed by atoms with Gasteiger partial charge >= 0.3 is 0 Å². The number of rotatable bonds is 4. The molecule has 1 aromatic heterocycles. The quantitative estimate of drug-likeness (QED) is 0.858. The van der Waals surface area contributed by atoms with Crippen molar-refractivity contribution < 1.29 is 4.79 Å². The summed E-state index contributed by atoms with van der Waals surface area (Å²) in [6, 6.07) is 3.97. The molecule has 2 rings (SSSR count). The number of hydrogen-bond acceptors (Lipinski definition) is 3. The number of carbonyl (C=O) groups is 1. The van der Waals surface area contributed by atoms with Gasteiger partial charge in [0.15, 0.2) is 0 Å². The number of carbonyl (C=O) groups excluding carboxylic acids is 1. The van der Waals surface area contributed by atoms with Gasteiger partial charge in [-0.15, -0.1) is 0 Å². The first-order chi connectivity index (χ1) is 8.16. The molecule has 0 unspecified atom stereocenters. The molecule has 1 aromatic rings. The zero-order chi connectivity index (χ0) is 12.3. The normalized spacial score (nSPS) is 15.2. The summed E-state index contributed by atoms with van der Waals surface area (Å²) in [5.41, 5.74) is 1.04. The Labute approximate surface area is 102 Å². The van der Waals surface area contributed by atoms with E-state index < -0.39 is 0 Å². The number of aromatic nitrogens is 1. The van der Waals surface area contributed by atoms with Crippen LogP contribution in [0.3, 0.4) is 0 Å². The van der Waals surface area contributed by atoms with Crippen LogP contribution in [0.4, 0.5) is 5.82 Å². The Morgan fingerprint density at radius 1 is 1.47 bits per heavy atom. The second-order valence-electron chi connectivity index (χ2n) is 4.76. The summed E-state index contributed by atoms with van der Waals surface area (Å²) in [6.07, 6.45) is 5.10. The Hall–Kier alpha value is -1.58. The molecule has 1 aliphatic carbocycles. The maximum absolute atomic E-state index is 11.6. The van der Waals surface area contributed by atoms with Crippen molar-refractivity contribution in [3.63, 3.8) is 0 Å². The van der Waals surface area contributed by atoms with Crippen LogP contribution in [0.2, 0.25) is 0 Å². The van der Waals surface area contributed by atoms with Crippen LogP contribution in [0.15, 0.2) is 18.3 Å². The van der Waals surface area contributed by atoms with Crippen LogP contribution < -0.4 is 10.2 Å². The minimum atomic E-state index is 0.188. The van der Waals surface area contributed by atoms with Crippen LogP contribution in [0.25, 0.3) is 0 Å². The molecule has 0 aliphatic heterocycles.